The molecule has 1 amide bonds. The fourth-order valence-corrected chi connectivity index (χ4v) is 4.69. The Labute approximate surface area is 154 Å². The van der Waals surface area contributed by atoms with Gasteiger partial charge in [-0.2, -0.15) is 5.10 Å². The van der Waals surface area contributed by atoms with Gasteiger partial charge in [0, 0.05) is 17.0 Å². The fraction of sp³-hybridized carbons (Fsp3) is 0.474. The van der Waals surface area contributed by atoms with Gasteiger partial charge in [-0.05, 0) is 25.5 Å². The van der Waals surface area contributed by atoms with Crippen LogP contribution in [0, 0.1) is 6.92 Å². The first-order valence-electron chi connectivity index (χ1n) is 8.74. The molecule has 3 rings (SSSR count). The first kappa shape index (κ1) is 18.6. The highest BCUT2D eigenvalue weighted by Gasteiger charge is 2.32. The number of amides is 1. The van der Waals surface area contributed by atoms with Gasteiger partial charge in [-0.15, -0.1) is 0 Å². The summed E-state index contributed by atoms with van der Waals surface area (Å²) in [7, 11) is -3.05. The molecule has 1 unspecified atom stereocenters. The van der Waals surface area contributed by atoms with E-state index in [1.54, 1.807) is 16.8 Å². The van der Waals surface area contributed by atoms with Crippen molar-refractivity contribution in [3.05, 3.63) is 47.2 Å². The van der Waals surface area contributed by atoms with E-state index in [1.807, 2.05) is 45.9 Å². The minimum absolute atomic E-state index is 0.0612. The summed E-state index contributed by atoms with van der Waals surface area (Å²) < 4.78 is 25.4. The number of benzene rings is 1. The average Bonchev–Trinajstić information content (AvgIpc) is 3.10. The quantitative estimate of drug-likeness (QED) is 0.894. The molecule has 1 aliphatic rings. The van der Waals surface area contributed by atoms with Crippen LogP contribution in [0.2, 0.25) is 0 Å². The van der Waals surface area contributed by atoms with Gasteiger partial charge in [0.05, 0.1) is 23.2 Å². The largest absolute Gasteiger partial charge is 0.307 e. The average molecular weight is 375 g/mol. The number of anilines is 1. The van der Waals surface area contributed by atoms with E-state index in [-0.39, 0.29) is 28.9 Å². The molecule has 140 valence electrons. The first-order chi connectivity index (χ1) is 12.0. The van der Waals surface area contributed by atoms with Gasteiger partial charge in [0.1, 0.15) is 5.82 Å². The lowest BCUT2D eigenvalue weighted by atomic mass is 9.92. The molecule has 6 nitrogen and oxygen atoms in total. The molecule has 1 aliphatic heterocycles. The molecular formula is C19H25N3O3S. The molecule has 0 aliphatic carbocycles. The van der Waals surface area contributed by atoms with Crippen LogP contribution < -0.4 is 5.32 Å². The van der Waals surface area contributed by atoms with E-state index in [4.69, 9.17) is 0 Å². The molecule has 1 atom stereocenters. The van der Waals surface area contributed by atoms with E-state index in [9.17, 15) is 13.2 Å². The molecule has 1 saturated heterocycles. The Balaban J connectivity index is 1.93. The van der Waals surface area contributed by atoms with Crippen LogP contribution in [0.5, 0.6) is 0 Å². The normalized spacial score (nSPS) is 19.5. The summed E-state index contributed by atoms with van der Waals surface area (Å²) in [6.07, 6.45) is 0.515. The van der Waals surface area contributed by atoms with E-state index < -0.39 is 9.84 Å². The zero-order valence-corrected chi connectivity index (χ0v) is 16.4. The van der Waals surface area contributed by atoms with Crippen molar-refractivity contribution in [3.8, 4) is 0 Å². The highest BCUT2D eigenvalue weighted by Crippen LogP contribution is 2.31. The number of rotatable bonds is 3. The number of hydrogen-bond acceptors (Lipinski definition) is 4. The lowest BCUT2D eigenvalue weighted by Gasteiger charge is -2.15. The van der Waals surface area contributed by atoms with Crippen LogP contribution in [-0.4, -0.2) is 35.6 Å². The zero-order chi connectivity index (χ0) is 19.1. The summed E-state index contributed by atoms with van der Waals surface area (Å²) >= 11 is 0. The van der Waals surface area contributed by atoms with Crippen LogP contribution in [0.15, 0.2) is 30.3 Å². The number of nitrogens with one attached hydrogen (secondary N) is 1. The van der Waals surface area contributed by atoms with Crippen molar-refractivity contribution in [2.24, 2.45) is 0 Å². The van der Waals surface area contributed by atoms with Crippen LogP contribution in [-0.2, 0) is 15.3 Å². The predicted octanol–water partition coefficient (Wildman–Crippen LogP) is 3.10. The minimum Gasteiger partial charge on any atom is -0.307 e. The molecule has 2 aromatic rings. The van der Waals surface area contributed by atoms with Crippen molar-refractivity contribution in [2.75, 3.05) is 16.8 Å². The third kappa shape index (κ3) is 3.98. The van der Waals surface area contributed by atoms with E-state index >= 15 is 0 Å². The number of aryl methyl sites for hydroxylation is 1. The number of nitrogens with zero attached hydrogens (tertiary/aromatic N) is 2. The van der Waals surface area contributed by atoms with E-state index in [2.05, 4.69) is 10.4 Å². The maximum atomic E-state index is 12.6. The minimum atomic E-state index is -3.05. The molecule has 1 N–H and O–H groups in total. The van der Waals surface area contributed by atoms with E-state index in [0.717, 1.165) is 11.3 Å². The Kier molecular flexibility index (Phi) is 4.69. The molecule has 0 saturated carbocycles. The Bertz CT molecular complexity index is 922. The Morgan fingerprint density at radius 2 is 1.88 bits per heavy atom. The van der Waals surface area contributed by atoms with Crippen LogP contribution in [0.25, 0.3) is 0 Å². The molecule has 0 radical (unpaired) electrons. The molecule has 7 heteroatoms. The zero-order valence-electron chi connectivity index (χ0n) is 15.6. The van der Waals surface area contributed by atoms with Crippen molar-refractivity contribution in [1.82, 2.24) is 9.78 Å². The SMILES string of the molecule is Cc1ccc(C(=O)Nc2cc(C(C)(C)C)nn2C2CCS(=O)(=O)C2)cc1. The van der Waals surface area contributed by atoms with Gasteiger partial charge >= 0.3 is 0 Å². The lowest BCUT2D eigenvalue weighted by molar-refractivity contribution is 0.102. The highest BCUT2D eigenvalue weighted by atomic mass is 32.2. The second-order valence-corrected chi connectivity index (χ2v) is 10.2. The van der Waals surface area contributed by atoms with Crippen LogP contribution in [0.1, 0.15) is 54.8 Å². The molecule has 0 bridgehead atoms. The number of carbonyl (C=O) groups is 1. The van der Waals surface area contributed by atoms with Crippen LogP contribution in [0.3, 0.4) is 0 Å². The monoisotopic (exact) mass is 375 g/mol. The summed E-state index contributed by atoms with van der Waals surface area (Å²) in [5, 5.41) is 7.54. The standard InChI is InChI=1S/C19H25N3O3S/c1-13-5-7-14(8-6-13)18(23)20-17-11-16(19(2,3)4)21-22(17)15-9-10-26(24,25)12-15/h5-8,11,15H,9-10,12H2,1-4H3,(H,20,23). The molecule has 1 fully saturated rings. The third-order valence-electron chi connectivity index (χ3n) is 4.61. The summed E-state index contributed by atoms with van der Waals surface area (Å²) in [6.45, 7) is 8.08. The van der Waals surface area contributed by atoms with Gasteiger partial charge in [-0.3, -0.25) is 4.79 Å². The van der Waals surface area contributed by atoms with Crippen molar-refractivity contribution >= 4 is 21.6 Å². The second-order valence-electron chi connectivity index (χ2n) is 7.99. The lowest BCUT2D eigenvalue weighted by Crippen LogP contribution is -2.20. The van der Waals surface area contributed by atoms with E-state index in [1.165, 1.54) is 0 Å². The van der Waals surface area contributed by atoms with Crippen molar-refractivity contribution in [1.29, 1.82) is 0 Å². The maximum absolute atomic E-state index is 12.6. The van der Waals surface area contributed by atoms with Gasteiger partial charge in [-0.25, -0.2) is 13.1 Å². The van der Waals surface area contributed by atoms with Gasteiger partial charge in [0.25, 0.3) is 5.91 Å². The molecular weight excluding hydrogens is 350 g/mol. The Morgan fingerprint density at radius 3 is 2.42 bits per heavy atom. The molecule has 26 heavy (non-hydrogen) atoms. The van der Waals surface area contributed by atoms with Crippen molar-refractivity contribution in [2.45, 2.75) is 45.6 Å². The number of hydrogen-bond donors (Lipinski definition) is 1. The Hall–Kier alpha value is -2.15. The van der Waals surface area contributed by atoms with Crippen LogP contribution >= 0.6 is 0 Å². The predicted molar refractivity (Wildman–Crippen MR) is 102 cm³/mol. The van der Waals surface area contributed by atoms with Crippen LogP contribution in [0.4, 0.5) is 5.82 Å². The second kappa shape index (κ2) is 6.54. The van der Waals surface area contributed by atoms with Crippen molar-refractivity contribution in [3.63, 3.8) is 0 Å². The summed E-state index contributed by atoms with van der Waals surface area (Å²) in [5.41, 5.74) is 2.25. The van der Waals surface area contributed by atoms with Gasteiger partial charge in [-0.1, -0.05) is 38.5 Å². The number of aromatic nitrogens is 2. The third-order valence-corrected chi connectivity index (χ3v) is 6.36. The molecule has 2 heterocycles. The van der Waals surface area contributed by atoms with Gasteiger partial charge in [0.15, 0.2) is 9.84 Å². The molecule has 0 spiro atoms. The first-order valence-corrected chi connectivity index (χ1v) is 10.6. The molecule has 1 aromatic carbocycles. The maximum Gasteiger partial charge on any atom is 0.256 e. The molecule has 1 aromatic heterocycles. The Morgan fingerprint density at radius 1 is 1.23 bits per heavy atom. The number of carbonyl (C=O) groups excluding carboxylic acids is 1. The summed E-state index contributed by atoms with van der Waals surface area (Å²) in [4.78, 5) is 12.6. The van der Waals surface area contributed by atoms with E-state index in [0.29, 0.717) is 17.8 Å². The van der Waals surface area contributed by atoms with Gasteiger partial charge < -0.3 is 5.32 Å². The fourth-order valence-electron chi connectivity index (χ4n) is 2.99. The van der Waals surface area contributed by atoms with Crippen molar-refractivity contribution < 1.29 is 13.2 Å². The smallest absolute Gasteiger partial charge is 0.256 e. The van der Waals surface area contributed by atoms with Gasteiger partial charge in [0.2, 0.25) is 0 Å². The number of sulfone groups is 1. The topological polar surface area (TPSA) is 81.1 Å². The summed E-state index contributed by atoms with van der Waals surface area (Å²) in [6, 6.07) is 8.92. The summed E-state index contributed by atoms with van der Waals surface area (Å²) in [5.74, 6) is 0.536. The highest BCUT2D eigenvalue weighted by molar-refractivity contribution is 7.91.